The van der Waals surface area contributed by atoms with Gasteiger partial charge in [-0.1, -0.05) is 13.8 Å². The van der Waals surface area contributed by atoms with Crippen LogP contribution in [0, 0.1) is 0 Å². The smallest absolute Gasteiger partial charge is 0.0829 e. The van der Waals surface area contributed by atoms with Gasteiger partial charge in [0.1, 0.15) is 0 Å². The Balaban J connectivity index is 1.67. The zero-order valence-electron chi connectivity index (χ0n) is 12.0. The summed E-state index contributed by atoms with van der Waals surface area (Å²) in [5.41, 5.74) is 0. The Kier molecular flexibility index (Phi) is 5.89. The summed E-state index contributed by atoms with van der Waals surface area (Å²) >= 11 is 0. The van der Waals surface area contributed by atoms with Gasteiger partial charge >= 0.3 is 0 Å². The summed E-state index contributed by atoms with van der Waals surface area (Å²) in [6.45, 7) is 13.4. The van der Waals surface area contributed by atoms with Crippen LogP contribution in [-0.4, -0.2) is 74.4 Å². The summed E-state index contributed by atoms with van der Waals surface area (Å²) in [6.07, 6.45) is 3.00. The van der Waals surface area contributed by atoms with Crippen molar-refractivity contribution in [1.29, 1.82) is 0 Å². The predicted octanol–water partition coefficient (Wildman–Crippen LogP) is 0.781. The molecule has 1 atom stereocenters. The number of nitrogens with one attached hydrogen (secondary N) is 1. The average molecular weight is 255 g/mol. The molecule has 1 N–H and O–H groups in total. The third-order valence-electron chi connectivity index (χ3n) is 4.21. The number of rotatable bonds is 5. The van der Waals surface area contributed by atoms with E-state index in [1.807, 2.05) is 0 Å². The van der Waals surface area contributed by atoms with Crippen LogP contribution in [0.2, 0.25) is 0 Å². The Bertz CT molecular complexity index is 229. The van der Waals surface area contributed by atoms with E-state index in [1.165, 1.54) is 25.9 Å². The van der Waals surface area contributed by atoms with Crippen molar-refractivity contribution in [3.63, 3.8) is 0 Å². The molecule has 0 amide bonds. The Morgan fingerprint density at radius 2 is 1.89 bits per heavy atom. The number of ether oxygens (including phenoxy) is 1. The van der Waals surface area contributed by atoms with Crippen LogP contribution >= 0.6 is 0 Å². The molecule has 1 unspecified atom stereocenters. The maximum absolute atomic E-state index is 5.89. The van der Waals surface area contributed by atoms with E-state index in [0.29, 0.717) is 6.10 Å². The highest BCUT2D eigenvalue weighted by Crippen LogP contribution is 2.13. The van der Waals surface area contributed by atoms with Gasteiger partial charge in [-0.2, -0.15) is 0 Å². The standard InChI is InChI=1S/C14H29N3O/c1-3-15-13-5-7-17(8-6-13)12-14-11-16(4-2)9-10-18-14/h13-15H,3-12H2,1-2H3. The zero-order valence-corrected chi connectivity index (χ0v) is 12.0. The molecule has 0 saturated carbocycles. The monoisotopic (exact) mass is 255 g/mol. The van der Waals surface area contributed by atoms with Gasteiger partial charge in [0, 0.05) is 25.7 Å². The van der Waals surface area contributed by atoms with Crippen molar-refractivity contribution in [1.82, 2.24) is 15.1 Å². The van der Waals surface area contributed by atoms with Crippen LogP contribution in [0.3, 0.4) is 0 Å². The number of hydrogen-bond acceptors (Lipinski definition) is 4. The number of likely N-dealkylation sites (tertiary alicyclic amines) is 1. The van der Waals surface area contributed by atoms with Crippen molar-refractivity contribution in [2.75, 3.05) is 52.4 Å². The van der Waals surface area contributed by atoms with E-state index in [-0.39, 0.29) is 0 Å². The second kappa shape index (κ2) is 7.43. The fraction of sp³-hybridized carbons (Fsp3) is 1.00. The van der Waals surface area contributed by atoms with Gasteiger partial charge in [-0.3, -0.25) is 4.90 Å². The van der Waals surface area contributed by atoms with E-state index in [0.717, 1.165) is 45.4 Å². The van der Waals surface area contributed by atoms with Crippen LogP contribution in [-0.2, 0) is 4.74 Å². The molecule has 0 aromatic heterocycles. The molecule has 0 spiro atoms. The first-order valence-electron chi connectivity index (χ1n) is 7.61. The fourth-order valence-electron chi connectivity index (χ4n) is 3.07. The maximum atomic E-state index is 5.89. The van der Waals surface area contributed by atoms with E-state index >= 15 is 0 Å². The van der Waals surface area contributed by atoms with Crippen molar-refractivity contribution in [2.24, 2.45) is 0 Å². The molecule has 0 bridgehead atoms. The van der Waals surface area contributed by atoms with E-state index in [9.17, 15) is 0 Å². The first-order chi connectivity index (χ1) is 8.81. The summed E-state index contributed by atoms with van der Waals surface area (Å²) in [6, 6.07) is 0.741. The highest BCUT2D eigenvalue weighted by atomic mass is 16.5. The Morgan fingerprint density at radius 1 is 1.11 bits per heavy atom. The third kappa shape index (κ3) is 4.19. The lowest BCUT2D eigenvalue weighted by atomic mass is 10.0. The third-order valence-corrected chi connectivity index (χ3v) is 4.21. The molecular formula is C14H29N3O. The molecule has 2 aliphatic heterocycles. The highest BCUT2D eigenvalue weighted by Gasteiger charge is 2.24. The molecule has 2 saturated heterocycles. The number of likely N-dealkylation sites (N-methyl/N-ethyl adjacent to an activating group) is 1. The maximum Gasteiger partial charge on any atom is 0.0829 e. The number of morpholine rings is 1. The normalized spacial score (nSPS) is 28.7. The molecule has 106 valence electrons. The van der Waals surface area contributed by atoms with Crippen molar-refractivity contribution < 1.29 is 4.74 Å². The van der Waals surface area contributed by atoms with Crippen molar-refractivity contribution >= 4 is 0 Å². The van der Waals surface area contributed by atoms with Gasteiger partial charge in [0.25, 0.3) is 0 Å². The van der Waals surface area contributed by atoms with E-state index in [4.69, 9.17) is 4.74 Å². The average Bonchev–Trinajstić information content (AvgIpc) is 2.42. The second-order valence-corrected chi connectivity index (χ2v) is 5.52. The molecule has 0 aromatic carbocycles. The van der Waals surface area contributed by atoms with Crippen LogP contribution in [0.15, 0.2) is 0 Å². The molecule has 0 aromatic rings. The minimum Gasteiger partial charge on any atom is -0.374 e. The van der Waals surface area contributed by atoms with Gasteiger partial charge in [0.15, 0.2) is 0 Å². The van der Waals surface area contributed by atoms with Crippen LogP contribution in [0.5, 0.6) is 0 Å². The summed E-state index contributed by atoms with van der Waals surface area (Å²) in [5.74, 6) is 0. The minimum atomic E-state index is 0.425. The lowest BCUT2D eigenvalue weighted by Crippen LogP contribution is -2.50. The second-order valence-electron chi connectivity index (χ2n) is 5.52. The van der Waals surface area contributed by atoms with Crippen molar-refractivity contribution in [3.05, 3.63) is 0 Å². The molecule has 2 heterocycles. The van der Waals surface area contributed by atoms with Crippen LogP contribution in [0.1, 0.15) is 26.7 Å². The predicted molar refractivity (Wildman–Crippen MR) is 75.0 cm³/mol. The Morgan fingerprint density at radius 3 is 2.56 bits per heavy atom. The number of nitrogens with zero attached hydrogens (tertiary/aromatic N) is 2. The molecule has 0 radical (unpaired) electrons. The van der Waals surface area contributed by atoms with E-state index < -0.39 is 0 Å². The van der Waals surface area contributed by atoms with Gasteiger partial charge in [-0.25, -0.2) is 0 Å². The van der Waals surface area contributed by atoms with Gasteiger partial charge in [-0.05, 0) is 39.0 Å². The fourth-order valence-corrected chi connectivity index (χ4v) is 3.07. The molecule has 18 heavy (non-hydrogen) atoms. The molecule has 2 aliphatic rings. The number of piperidine rings is 1. The first kappa shape index (κ1) is 14.3. The van der Waals surface area contributed by atoms with E-state index in [1.54, 1.807) is 0 Å². The lowest BCUT2D eigenvalue weighted by molar-refractivity contribution is -0.0445. The molecule has 2 fully saturated rings. The lowest BCUT2D eigenvalue weighted by Gasteiger charge is -2.38. The Labute approximate surface area is 112 Å². The minimum absolute atomic E-state index is 0.425. The molecule has 0 aliphatic carbocycles. The summed E-state index contributed by atoms with van der Waals surface area (Å²) < 4.78 is 5.89. The summed E-state index contributed by atoms with van der Waals surface area (Å²) in [4.78, 5) is 5.08. The molecular weight excluding hydrogens is 226 g/mol. The largest absolute Gasteiger partial charge is 0.374 e. The molecule has 4 nitrogen and oxygen atoms in total. The topological polar surface area (TPSA) is 27.7 Å². The van der Waals surface area contributed by atoms with Crippen LogP contribution < -0.4 is 5.32 Å². The van der Waals surface area contributed by atoms with E-state index in [2.05, 4.69) is 29.0 Å². The van der Waals surface area contributed by atoms with Gasteiger partial charge < -0.3 is 15.0 Å². The van der Waals surface area contributed by atoms with Crippen LogP contribution in [0.4, 0.5) is 0 Å². The van der Waals surface area contributed by atoms with Gasteiger partial charge in [0.2, 0.25) is 0 Å². The van der Waals surface area contributed by atoms with Gasteiger partial charge in [0.05, 0.1) is 12.7 Å². The van der Waals surface area contributed by atoms with Crippen molar-refractivity contribution in [3.8, 4) is 0 Å². The first-order valence-corrected chi connectivity index (χ1v) is 7.61. The SMILES string of the molecule is CCNC1CCN(CC2CN(CC)CCO2)CC1. The summed E-state index contributed by atoms with van der Waals surface area (Å²) in [5, 5.41) is 3.56. The molecule has 2 rings (SSSR count). The van der Waals surface area contributed by atoms with Crippen LogP contribution in [0.25, 0.3) is 0 Å². The summed E-state index contributed by atoms with van der Waals surface area (Å²) in [7, 11) is 0. The van der Waals surface area contributed by atoms with Crippen molar-refractivity contribution in [2.45, 2.75) is 38.8 Å². The Hall–Kier alpha value is -0.160. The van der Waals surface area contributed by atoms with Gasteiger partial charge in [-0.15, -0.1) is 0 Å². The molecule has 4 heteroatoms. The quantitative estimate of drug-likeness (QED) is 0.786. The zero-order chi connectivity index (χ0) is 12.8. The highest BCUT2D eigenvalue weighted by molar-refractivity contribution is 4.80. The number of hydrogen-bond donors (Lipinski definition) is 1.